The highest BCUT2D eigenvalue weighted by Gasteiger charge is 2.35. The first-order chi connectivity index (χ1) is 6.07. The number of hydrogen-bond acceptors (Lipinski definition) is 2. The molecule has 2 nitrogen and oxygen atoms in total. The molecule has 0 radical (unpaired) electrons. The molecule has 78 valence electrons. The third kappa shape index (κ3) is 2.23. The van der Waals surface area contributed by atoms with Gasteiger partial charge in [-0.1, -0.05) is 13.8 Å². The number of aliphatic hydroxyl groups excluding tert-OH is 1. The quantitative estimate of drug-likeness (QED) is 0.725. The predicted molar refractivity (Wildman–Crippen MR) is 55.7 cm³/mol. The normalized spacial score (nSPS) is 30.7. The van der Waals surface area contributed by atoms with E-state index in [2.05, 4.69) is 32.6 Å². The van der Waals surface area contributed by atoms with Crippen molar-refractivity contribution >= 4 is 0 Å². The molecule has 1 aliphatic rings. The minimum Gasteiger partial charge on any atom is -0.395 e. The summed E-state index contributed by atoms with van der Waals surface area (Å²) in [5.74, 6) is 0.707. The highest BCUT2D eigenvalue weighted by Crippen LogP contribution is 2.30. The lowest BCUT2D eigenvalue weighted by Gasteiger charge is -2.35. The summed E-state index contributed by atoms with van der Waals surface area (Å²) in [6.45, 7) is 9.33. The van der Waals surface area contributed by atoms with Gasteiger partial charge in [0.05, 0.1) is 6.61 Å². The molecule has 2 heteroatoms. The third-order valence-electron chi connectivity index (χ3n) is 3.18. The van der Waals surface area contributed by atoms with E-state index in [1.807, 2.05) is 0 Å². The fourth-order valence-electron chi connectivity index (χ4n) is 2.60. The Bertz CT molecular complexity index is 156. The van der Waals surface area contributed by atoms with Gasteiger partial charge in [-0.15, -0.1) is 0 Å². The van der Waals surface area contributed by atoms with Gasteiger partial charge in [0, 0.05) is 18.1 Å². The van der Waals surface area contributed by atoms with Crippen LogP contribution in [0.15, 0.2) is 0 Å². The molecule has 1 saturated heterocycles. The molecule has 1 heterocycles. The Balaban J connectivity index is 2.67. The summed E-state index contributed by atoms with van der Waals surface area (Å²) >= 11 is 0. The molecule has 0 aromatic carbocycles. The minimum atomic E-state index is 0.321. The van der Waals surface area contributed by atoms with Gasteiger partial charge in [-0.3, -0.25) is 4.90 Å². The molecule has 0 saturated carbocycles. The van der Waals surface area contributed by atoms with E-state index in [1.54, 1.807) is 0 Å². The fourth-order valence-corrected chi connectivity index (χ4v) is 2.60. The maximum absolute atomic E-state index is 9.24. The second-order valence-corrected chi connectivity index (χ2v) is 4.77. The van der Waals surface area contributed by atoms with E-state index >= 15 is 0 Å². The van der Waals surface area contributed by atoms with Crippen LogP contribution in [-0.2, 0) is 0 Å². The summed E-state index contributed by atoms with van der Waals surface area (Å²) < 4.78 is 0. The van der Waals surface area contributed by atoms with Crippen LogP contribution in [0.2, 0.25) is 0 Å². The molecule has 13 heavy (non-hydrogen) atoms. The average Bonchev–Trinajstić information content (AvgIpc) is 2.46. The summed E-state index contributed by atoms with van der Waals surface area (Å²) in [7, 11) is 0. The van der Waals surface area contributed by atoms with Crippen molar-refractivity contribution in [1.82, 2.24) is 4.90 Å². The Morgan fingerprint density at radius 1 is 1.23 bits per heavy atom. The van der Waals surface area contributed by atoms with Crippen LogP contribution in [0.4, 0.5) is 0 Å². The number of hydrogen-bond donors (Lipinski definition) is 1. The molecule has 2 unspecified atom stereocenters. The predicted octanol–water partition coefficient (Wildman–Crippen LogP) is 1.88. The molecule has 1 fully saturated rings. The summed E-state index contributed by atoms with van der Waals surface area (Å²) in [6.07, 6.45) is 2.42. The lowest BCUT2D eigenvalue weighted by atomic mass is 10.0. The molecule has 0 aromatic heterocycles. The maximum Gasteiger partial charge on any atom is 0.0587 e. The van der Waals surface area contributed by atoms with Crippen molar-refractivity contribution in [2.24, 2.45) is 5.92 Å². The van der Waals surface area contributed by atoms with Crippen LogP contribution >= 0.6 is 0 Å². The van der Waals surface area contributed by atoms with Crippen LogP contribution < -0.4 is 0 Å². The lowest BCUT2D eigenvalue weighted by molar-refractivity contribution is 0.0816. The van der Waals surface area contributed by atoms with Gasteiger partial charge in [-0.2, -0.15) is 0 Å². The molecule has 0 bridgehead atoms. The van der Waals surface area contributed by atoms with Gasteiger partial charge in [-0.25, -0.2) is 0 Å². The third-order valence-corrected chi connectivity index (χ3v) is 3.18. The molecular formula is C11H23NO. The summed E-state index contributed by atoms with van der Waals surface area (Å²) in [4.78, 5) is 2.49. The van der Waals surface area contributed by atoms with Crippen molar-refractivity contribution in [2.45, 2.75) is 58.7 Å². The van der Waals surface area contributed by atoms with Crippen LogP contribution in [-0.4, -0.2) is 34.7 Å². The molecular weight excluding hydrogens is 162 g/mol. The molecule has 0 aliphatic carbocycles. The van der Waals surface area contributed by atoms with Crippen LogP contribution in [0.3, 0.4) is 0 Å². The maximum atomic E-state index is 9.24. The SMILES string of the molecule is CC(C)C1CCC(CO)N1C(C)C. The topological polar surface area (TPSA) is 23.5 Å². The second kappa shape index (κ2) is 4.43. The average molecular weight is 185 g/mol. The monoisotopic (exact) mass is 185 g/mol. The van der Waals surface area contributed by atoms with Crippen molar-refractivity contribution < 1.29 is 5.11 Å². The van der Waals surface area contributed by atoms with Gasteiger partial charge in [0.15, 0.2) is 0 Å². The van der Waals surface area contributed by atoms with Gasteiger partial charge in [0.1, 0.15) is 0 Å². The van der Waals surface area contributed by atoms with Crippen LogP contribution in [0.5, 0.6) is 0 Å². The zero-order valence-electron chi connectivity index (χ0n) is 9.33. The highest BCUT2D eigenvalue weighted by atomic mass is 16.3. The van der Waals surface area contributed by atoms with E-state index in [4.69, 9.17) is 0 Å². The lowest BCUT2D eigenvalue weighted by Crippen LogP contribution is -2.44. The van der Waals surface area contributed by atoms with Crippen molar-refractivity contribution in [1.29, 1.82) is 0 Å². The zero-order chi connectivity index (χ0) is 10.0. The molecule has 0 aromatic rings. The van der Waals surface area contributed by atoms with E-state index in [1.165, 1.54) is 6.42 Å². The molecule has 2 atom stereocenters. The first-order valence-corrected chi connectivity index (χ1v) is 5.46. The van der Waals surface area contributed by atoms with Crippen molar-refractivity contribution in [2.75, 3.05) is 6.61 Å². The Morgan fingerprint density at radius 2 is 1.85 bits per heavy atom. The Morgan fingerprint density at radius 3 is 2.23 bits per heavy atom. The fraction of sp³-hybridized carbons (Fsp3) is 1.00. The van der Waals surface area contributed by atoms with Crippen LogP contribution in [0.1, 0.15) is 40.5 Å². The standard InChI is InChI=1S/C11H23NO/c1-8(2)11-6-5-10(7-13)12(11)9(3)4/h8-11,13H,5-7H2,1-4H3. The number of aliphatic hydroxyl groups is 1. The molecule has 1 aliphatic heterocycles. The van der Waals surface area contributed by atoms with Crippen molar-refractivity contribution in [3.63, 3.8) is 0 Å². The van der Waals surface area contributed by atoms with E-state index < -0.39 is 0 Å². The molecule has 0 spiro atoms. The molecule has 1 rings (SSSR count). The van der Waals surface area contributed by atoms with E-state index in [0.29, 0.717) is 30.7 Å². The highest BCUT2D eigenvalue weighted by molar-refractivity contribution is 4.90. The van der Waals surface area contributed by atoms with Crippen molar-refractivity contribution in [3.8, 4) is 0 Å². The smallest absolute Gasteiger partial charge is 0.0587 e. The summed E-state index contributed by atoms with van der Waals surface area (Å²) in [5, 5.41) is 9.24. The van der Waals surface area contributed by atoms with Gasteiger partial charge in [0.2, 0.25) is 0 Å². The molecule has 1 N–H and O–H groups in total. The van der Waals surface area contributed by atoms with Gasteiger partial charge in [0.25, 0.3) is 0 Å². The first kappa shape index (κ1) is 11.0. The minimum absolute atomic E-state index is 0.321. The largest absolute Gasteiger partial charge is 0.395 e. The van der Waals surface area contributed by atoms with E-state index in [0.717, 1.165) is 6.42 Å². The van der Waals surface area contributed by atoms with Crippen LogP contribution in [0, 0.1) is 5.92 Å². The van der Waals surface area contributed by atoms with Gasteiger partial charge in [-0.05, 0) is 32.6 Å². The number of rotatable bonds is 3. The van der Waals surface area contributed by atoms with E-state index in [-0.39, 0.29) is 0 Å². The number of nitrogens with zero attached hydrogens (tertiary/aromatic N) is 1. The summed E-state index contributed by atoms with van der Waals surface area (Å²) in [6, 6.07) is 1.65. The molecule has 0 amide bonds. The van der Waals surface area contributed by atoms with Gasteiger partial charge >= 0.3 is 0 Å². The summed E-state index contributed by atoms with van der Waals surface area (Å²) in [5.41, 5.74) is 0. The zero-order valence-corrected chi connectivity index (χ0v) is 9.33. The Labute approximate surface area is 81.9 Å². The van der Waals surface area contributed by atoms with Crippen molar-refractivity contribution in [3.05, 3.63) is 0 Å². The van der Waals surface area contributed by atoms with Gasteiger partial charge < -0.3 is 5.11 Å². The Hall–Kier alpha value is -0.0800. The second-order valence-electron chi connectivity index (χ2n) is 4.77. The van der Waals surface area contributed by atoms with Crippen LogP contribution in [0.25, 0.3) is 0 Å². The Kier molecular flexibility index (Phi) is 3.74. The van der Waals surface area contributed by atoms with E-state index in [9.17, 15) is 5.11 Å². The first-order valence-electron chi connectivity index (χ1n) is 5.46. The number of likely N-dealkylation sites (tertiary alicyclic amines) is 1.